The van der Waals surface area contributed by atoms with Crippen molar-refractivity contribution in [3.63, 3.8) is 0 Å². The van der Waals surface area contributed by atoms with E-state index >= 15 is 0 Å². The van der Waals surface area contributed by atoms with Crippen LogP contribution in [0.15, 0.2) is 24.3 Å². The second-order valence-corrected chi connectivity index (χ2v) is 5.34. The molecule has 0 bridgehead atoms. The highest BCUT2D eigenvalue weighted by Gasteiger charge is 2.09. The third-order valence-corrected chi connectivity index (χ3v) is 3.55. The number of rotatable bonds is 11. The normalized spacial score (nSPS) is 12.3. The fourth-order valence-electron chi connectivity index (χ4n) is 2.31. The van der Waals surface area contributed by atoms with Gasteiger partial charge in [0, 0.05) is 6.04 Å². The first kappa shape index (κ1) is 17.0. The van der Waals surface area contributed by atoms with Crippen LogP contribution < -0.4 is 16.0 Å². The highest BCUT2D eigenvalue weighted by molar-refractivity contribution is 5.29. The third kappa shape index (κ3) is 6.40. The largest absolute Gasteiger partial charge is 0.494 e. The number of ether oxygens (including phenoxy) is 1. The van der Waals surface area contributed by atoms with Crippen LogP contribution in [0.5, 0.6) is 5.75 Å². The Bertz CT molecular complexity index is 337. The Morgan fingerprint density at radius 3 is 2.30 bits per heavy atom. The van der Waals surface area contributed by atoms with E-state index in [9.17, 15) is 0 Å². The summed E-state index contributed by atoms with van der Waals surface area (Å²) in [4.78, 5) is 0. The van der Waals surface area contributed by atoms with E-state index < -0.39 is 0 Å². The first-order valence-electron chi connectivity index (χ1n) is 8.00. The van der Waals surface area contributed by atoms with Crippen molar-refractivity contribution in [3.05, 3.63) is 29.8 Å². The average molecular weight is 278 g/mol. The number of nitrogens with one attached hydrogen (secondary N) is 1. The summed E-state index contributed by atoms with van der Waals surface area (Å²) in [5.74, 6) is 6.62. The van der Waals surface area contributed by atoms with E-state index in [1.165, 1.54) is 37.7 Å². The molecule has 3 heteroatoms. The molecule has 0 radical (unpaired) electrons. The van der Waals surface area contributed by atoms with Gasteiger partial charge >= 0.3 is 0 Å². The SMILES string of the molecule is CCCCCCCC(NN)c1ccc(OCCC)cc1. The maximum absolute atomic E-state index is 5.68. The molecule has 0 saturated heterocycles. The first-order valence-corrected chi connectivity index (χ1v) is 8.00. The fraction of sp³-hybridized carbons (Fsp3) is 0.647. The van der Waals surface area contributed by atoms with Gasteiger partial charge in [0.05, 0.1) is 6.61 Å². The molecular weight excluding hydrogens is 248 g/mol. The van der Waals surface area contributed by atoms with Crippen molar-refractivity contribution in [3.8, 4) is 5.75 Å². The zero-order chi connectivity index (χ0) is 14.6. The van der Waals surface area contributed by atoms with Gasteiger partial charge in [-0.25, -0.2) is 0 Å². The summed E-state index contributed by atoms with van der Waals surface area (Å²) < 4.78 is 5.60. The van der Waals surface area contributed by atoms with Crippen LogP contribution in [0.4, 0.5) is 0 Å². The van der Waals surface area contributed by atoms with Gasteiger partial charge in [0.2, 0.25) is 0 Å². The molecule has 1 atom stereocenters. The van der Waals surface area contributed by atoms with Gasteiger partial charge in [0.25, 0.3) is 0 Å². The van der Waals surface area contributed by atoms with E-state index in [1.807, 2.05) is 12.1 Å². The molecule has 0 spiro atoms. The lowest BCUT2D eigenvalue weighted by Crippen LogP contribution is -2.27. The van der Waals surface area contributed by atoms with Gasteiger partial charge < -0.3 is 4.74 Å². The van der Waals surface area contributed by atoms with Crippen molar-refractivity contribution in [2.75, 3.05) is 6.61 Å². The van der Waals surface area contributed by atoms with E-state index in [0.29, 0.717) is 0 Å². The molecule has 1 aromatic carbocycles. The Morgan fingerprint density at radius 1 is 1.00 bits per heavy atom. The van der Waals surface area contributed by atoms with Gasteiger partial charge in [-0.1, -0.05) is 58.1 Å². The van der Waals surface area contributed by atoms with Gasteiger partial charge in [-0.15, -0.1) is 0 Å². The predicted octanol–water partition coefficient (Wildman–Crippen LogP) is 4.34. The summed E-state index contributed by atoms with van der Waals surface area (Å²) in [5.41, 5.74) is 4.17. The Balaban J connectivity index is 2.40. The number of hydrogen-bond acceptors (Lipinski definition) is 3. The molecule has 1 rings (SSSR count). The predicted molar refractivity (Wildman–Crippen MR) is 85.7 cm³/mol. The van der Waals surface area contributed by atoms with Crippen LogP contribution in [-0.4, -0.2) is 6.61 Å². The summed E-state index contributed by atoms with van der Waals surface area (Å²) in [5, 5.41) is 0. The molecule has 1 unspecified atom stereocenters. The monoisotopic (exact) mass is 278 g/mol. The van der Waals surface area contributed by atoms with Crippen LogP contribution in [0.2, 0.25) is 0 Å². The molecule has 3 N–H and O–H groups in total. The molecule has 0 saturated carbocycles. The van der Waals surface area contributed by atoms with Crippen molar-refractivity contribution in [2.45, 2.75) is 64.8 Å². The van der Waals surface area contributed by atoms with E-state index in [2.05, 4.69) is 31.4 Å². The fourth-order valence-corrected chi connectivity index (χ4v) is 2.31. The van der Waals surface area contributed by atoms with Gasteiger partial charge in [0.1, 0.15) is 5.75 Å². The van der Waals surface area contributed by atoms with Crippen LogP contribution in [0.25, 0.3) is 0 Å². The summed E-state index contributed by atoms with van der Waals surface area (Å²) in [6.45, 7) is 5.13. The summed E-state index contributed by atoms with van der Waals surface area (Å²) in [6.07, 6.45) is 8.61. The molecule has 20 heavy (non-hydrogen) atoms. The summed E-state index contributed by atoms with van der Waals surface area (Å²) >= 11 is 0. The topological polar surface area (TPSA) is 47.3 Å². The maximum Gasteiger partial charge on any atom is 0.119 e. The number of unbranched alkanes of at least 4 members (excludes halogenated alkanes) is 4. The number of benzene rings is 1. The van der Waals surface area contributed by atoms with Crippen LogP contribution in [0.1, 0.15) is 70.4 Å². The van der Waals surface area contributed by atoms with Gasteiger partial charge in [0.15, 0.2) is 0 Å². The second kappa shape index (κ2) is 10.7. The lowest BCUT2D eigenvalue weighted by Gasteiger charge is -2.16. The second-order valence-electron chi connectivity index (χ2n) is 5.34. The quantitative estimate of drug-likeness (QED) is 0.359. The summed E-state index contributed by atoms with van der Waals surface area (Å²) in [6, 6.07) is 8.54. The molecule has 0 aromatic heterocycles. The van der Waals surface area contributed by atoms with Crippen molar-refractivity contribution in [1.29, 1.82) is 0 Å². The molecule has 0 aliphatic heterocycles. The minimum absolute atomic E-state index is 0.247. The first-order chi connectivity index (χ1) is 9.81. The van der Waals surface area contributed by atoms with E-state index in [1.54, 1.807) is 0 Å². The van der Waals surface area contributed by atoms with E-state index in [0.717, 1.165) is 25.2 Å². The van der Waals surface area contributed by atoms with Crippen molar-refractivity contribution < 1.29 is 4.74 Å². The molecular formula is C17H30N2O. The Labute approximate surface area is 123 Å². The summed E-state index contributed by atoms with van der Waals surface area (Å²) in [7, 11) is 0. The van der Waals surface area contributed by atoms with E-state index in [4.69, 9.17) is 10.6 Å². The molecule has 3 nitrogen and oxygen atoms in total. The lowest BCUT2D eigenvalue weighted by molar-refractivity contribution is 0.317. The van der Waals surface area contributed by atoms with Gasteiger partial charge in [-0.3, -0.25) is 11.3 Å². The van der Waals surface area contributed by atoms with Crippen LogP contribution in [-0.2, 0) is 0 Å². The van der Waals surface area contributed by atoms with E-state index in [-0.39, 0.29) is 6.04 Å². The Hall–Kier alpha value is -1.06. The highest BCUT2D eigenvalue weighted by atomic mass is 16.5. The van der Waals surface area contributed by atoms with Crippen LogP contribution in [0, 0.1) is 0 Å². The minimum atomic E-state index is 0.247. The van der Waals surface area contributed by atoms with Crippen molar-refractivity contribution in [1.82, 2.24) is 5.43 Å². The number of hydrazine groups is 1. The standard InChI is InChI=1S/C17H30N2O/c1-3-5-6-7-8-9-17(19-18)15-10-12-16(13-11-15)20-14-4-2/h10-13,17,19H,3-9,14,18H2,1-2H3. The minimum Gasteiger partial charge on any atom is -0.494 e. The third-order valence-electron chi connectivity index (χ3n) is 3.55. The number of nitrogens with two attached hydrogens (primary N) is 1. The lowest BCUT2D eigenvalue weighted by atomic mass is 10.0. The maximum atomic E-state index is 5.68. The Morgan fingerprint density at radius 2 is 1.70 bits per heavy atom. The zero-order valence-corrected chi connectivity index (χ0v) is 13.0. The van der Waals surface area contributed by atoms with Crippen molar-refractivity contribution in [2.24, 2.45) is 5.84 Å². The molecule has 1 aromatic rings. The molecule has 0 fully saturated rings. The molecule has 0 heterocycles. The van der Waals surface area contributed by atoms with Crippen molar-refractivity contribution >= 4 is 0 Å². The molecule has 0 amide bonds. The van der Waals surface area contributed by atoms with Crippen LogP contribution in [0.3, 0.4) is 0 Å². The smallest absolute Gasteiger partial charge is 0.119 e. The Kier molecular flexibility index (Phi) is 9.09. The van der Waals surface area contributed by atoms with Crippen LogP contribution >= 0.6 is 0 Å². The van der Waals surface area contributed by atoms with Gasteiger partial charge in [-0.2, -0.15) is 0 Å². The molecule has 114 valence electrons. The highest BCUT2D eigenvalue weighted by Crippen LogP contribution is 2.22. The number of hydrogen-bond donors (Lipinski definition) is 2. The zero-order valence-electron chi connectivity index (χ0n) is 13.0. The van der Waals surface area contributed by atoms with Gasteiger partial charge in [-0.05, 0) is 30.5 Å². The average Bonchev–Trinajstić information content (AvgIpc) is 2.49. The molecule has 0 aliphatic carbocycles. The molecule has 0 aliphatic rings.